The maximum atomic E-state index is 11.7. The van der Waals surface area contributed by atoms with Crippen molar-refractivity contribution in [1.29, 1.82) is 0 Å². The van der Waals surface area contributed by atoms with E-state index >= 15 is 0 Å². The molecule has 2 amide bonds. The van der Waals surface area contributed by atoms with Gasteiger partial charge in [-0.25, -0.2) is 4.98 Å². The zero-order chi connectivity index (χ0) is 13.8. The van der Waals surface area contributed by atoms with Crippen LogP contribution in [-0.2, 0) is 21.9 Å². The van der Waals surface area contributed by atoms with E-state index in [9.17, 15) is 9.59 Å². The standard InChI is InChI=1S/C13H17ClN2O2S/c1-9-6-12(17)16(13(9)18)5-3-2-4-11-15-10(7-14)8-19-11/h8-9H,2-7H2,1H3. The summed E-state index contributed by atoms with van der Waals surface area (Å²) >= 11 is 7.31. The Morgan fingerprint density at radius 3 is 2.84 bits per heavy atom. The fourth-order valence-corrected chi connectivity index (χ4v) is 3.22. The molecule has 1 aromatic rings. The first-order valence-electron chi connectivity index (χ1n) is 6.45. The second-order valence-electron chi connectivity index (χ2n) is 4.81. The molecular weight excluding hydrogens is 284 g/mol. The Morgan fingerprint density at radius 1 is 1.47 bits per heavy atom. The van der Waals surface area contributed by atoms with Crippen molar-refractivity contribution in [3.05, 3.63) is 16.1 Å². The molecule has 1 fully saturated rings. The van der Waals surface area contributed by atoms with Crippen molar-refractivity contribution >= 4 is 34.8 Å². The van der Waals surface area contributed by atoms with Gasteiger partial charge < -0.3 is 0 Å². The number of aromatic nitrogens is 1. The van der Waals surface area contributed by atoms with Crippen molar-refractivity contribution < 1.29 is 9.59 Å². The topological polar surface area (TPSA) is 50.3 Å². The van der Waals surface area contributed by atoms with Gasteiger partial charge in [0.1, 0.15) is 0 Å². The number of aryl methyl sites for hydroxylation is 1. The van der Waals surface area contributed by atoms with Gasteiger partial charge in [-0.15, -0.1) is 22.9 Å². The Hall–Kier alpha value is -0.940. The van der Waals surface area contributed by atoms with Crippen LogP contribution in [0, 0.1) is 5.92 Å². The van der Waals surface area contributed by atoms with Crippen molar-refractivity contribution in [2.24, 2.45) is 5.92 Å². The number of amides is 2. The molecule has 0 N–H and O–H groups in total. The molecule has 1 aliphatic heterocycles. The number of likely N-dealkylation sites (tertiary alicyclic amines) is 1. The van der Waals surface area contributed by atoms with Crippen LogP contribution in [0.2, 0.25) is 0 Å². The highest BCUT2D eigenvalue weighted by Gasteiger charge is 2.34. The summed E-state index contributed by atoms with van der Waals surface area (Å²) in [4.78, 5) is 29.1. The highest BCUT2D eigenvalue weighted by atomic mass is 35.5. The van der Waals surface area contributed by atoms with Crippen molar-refractivity contribution in [3.8, 4) is 0 Å². The third-order valence-electron chi connectivity index (χ3n) is 3.23. The monoisotopic (exact) mass is 300 g/mol. The second-order valence-corrected chi connectivity index (χ2v) is 6.02. The van der Waals surface area contributed by atoms with Crippen LogP contribution < -0.4 is 0 Å². The highest BCUT2D eigenvalue weighted by molar-refractivity contribution is 7.09. The number of hydrogen-bond acceptors (Lipinski definition) is 4. The number of thiazole rings is 1. The van der Waals surface area contributed by atoms with Crippen molar-refractivity contribution in [2.75, 3.05) is 6.54 Å². The minimum atomic E-state index is -0.141. The van der Waals surface area contributed by atoms with Gasteiger partial charge in [0, 0.05) is 24.3 Å². The van der Waals surface area contributed by atoms with Crippen LogP contribution in [0.4, 0.5) is 0 Å². The maximum absolute atomic E-state index is 11.7. The van der Waals surface area contributed by atoms with Crippen LogP contribution in [-0.4, -0.2) is 28.2 Å². The number of imide groups is 1. The molecule has 0 saturated carbocycles. The Kier molecular flexibility index (Phi) is 4.93. The first-order valence-corrected chi connectivity index (χ1v) is 7.86. The summed E-state index contributed by atoms with van der Waals surface area (Å²) in [5.41, 5.74) is 0.917. The molecule has 1 atom stereocenters. The third kappa shape index (κ3) is 3.54. The summed E-state index contributed by atoms with van der Waals surface area (Å²) in [5.74, 6) is 0.253. The molecule has 104 valence electrons. The normalized spacial score (nSPS) is 19.5. The first kappa shape index (κ1) is 14.5. The molecule has 0 aromatic carbocycles. The van der Waals surface area contributed by atoms with E-state index in [1.54, 1.807) is 11.3 Å². The van der Waals surface area contributed by atoms with Gasteiger partial charge in [-0.1, -0.05) is 6.92 Å². The lowest BCUT2D eigenvalue weighted by molar-refractivity contribution is -0.139. The van der Waals surface area contributed by atoms with Crippen molar-refractivity contribution in [1.82, 2.24) is 9.88 Å². The van der Waals surface area contributed by atoms with Crippen LogP contribution in [0.3, 0.4) is 0 Å². The highest BCUT2D eigenvalue weighted by Crippen LogP contribution is 2.20. The van der Waals surface area contributed by atoms with Gasteiger partial charge in [0.2, 0.25) is 11.8 Å². The van der Waals surface area contributed by atoms with Gasteiger partial charge in [-0.05, 0) is 19.3 Å². The van der Waals surface area contributed by atoms with Gasteiger partial charge in [-0.2, -0.15) is 0 Å². The van der Waals surface area contributed by atoms with E-state index in [1.165, 1.54) is 4.90 Å². The maximum Gasteiger partial charge on any atom is 0.232 e. The summed E-state index contributed by atoms with van der Waals surface area (Å²) in [6, 6.07) is 0. The molecule has 1 saturated heterocycles. The van der Waals surface area contributed by atoms with Crippen LogP contribution in [0.1, 0.15) is 36.9 Å². The molecule has 0 radical (unpaired) electrons. The van der Waals surface area contributed by atoms with E-state index in [0.29, 0.717) is 18.8 Å². The quantitative estimate of drug-likeness (QED) is 0.461. The summed E-state index contributed by atoms with van der Waals surface area (Å²) in [6.45, 7) is 2.35. The molecular formula is C13H17ClN2O2S. The molecule has 0 aliphatic carbocycles. The number of rotatable bonds is 6. The zero-order valence-electron chi connectivity index (χ0n) is 10.9. The van der Waals surface area contributed by atoms with Gasteiger partial charge in [-0.3, -0.25) is 14.5 Å². The fourth-order valence-electron chi connectivity index (χ4n) is 2.15. The average molecular weight is 301 g/mol. The molecule has 2 heterocycles. The van der Waals surface area contributed by atoms with E-state index in [1.807, 2.05) is 12.3 Å². The Balaban J connectivity index is 1.72. The lowest BCUT2D eigenvalue weighted by Crippen LogP contribution is -2.31. The Bertz CT molecular complexity index is 475. The number of nitrogens with zero attached hydrogens (tertiary/aromatic N) is 2. The SMILES string of the molecule is CC1CC(=O)N(CCCCc2nc(CCl)cs2)C1=O. The molecule has 2 rings (SSSR count). The smallest absolute Gasteiger partial charge is 0.232 e. The molecule has 1 unspecified atom stereocenters. The van der Waals surface area contributed by atoms with Crippen molar-refractivity contribution in [2.45, 2.75) is 38.5 Å². The minimum absolute atomic E-state index is 0.0244. The van der Waals surface area contributed by atoms with Gasteiger partial charge in [0.15, 0.2) is 0 Å². The van der Waals surface area contributed by atoms with Gasteiger partial charge >= 0.3 is 0 Å². The predicted molar refractivity (Wildman–Crippen MR) is 75.1 cm³/mol. The lowest BCUT2D eigenvalue weighted by atomic mass is 10.1. The minimum Gasteiger partial charge on any atom is -0.282 e. The van der Waals surface area contributed by atoms with Gasteiger partial charge in [0.05, 0.1) is 16.6 Å². The summed E-state index contributed by atoms with van der Waals surface area (Å²) in [5, 5.41) is 3.04. The number of halogens is 1. The molecule has 0 spiro atoms. The summed E-state index contributed by atoms with van der Waals surface area (Å²) in [6.07, 6.45) is 3.01. The van der Waals surface area contributed by atoms with Crippen molar-refractivity contribution in [3.63, 3.8) is 0 Å². The number of carbonyl (C=O) groups is 2. The van der Waals surface area contributed by atoms with E-state index < -0.39 is 0 Å². The molecule has 4 nitrogen and oxygen atoms in total. The van der Waals surface area contributed by atoms with Crippen LogP contribution in [0.5, 0.6) is 0 Å². The molecule has 6 heteroatoms. The predicted octanol–water partition coefficient (Wildman–Crippen LogP) is 2.60. The Morgan fingerprint density at radius 2 is 2.26 bits per heavy atom. The van der Waals surface area contributed by atoms with E-state index in [4.69, 9.17) is 11.6 Å². The largest absolute Gasteiger partial charge is 0.282 e. The number of unbranched alkanes of at least 4 members (excludes halogenated alkanes) is 1. The third-order valence-corrected chi connectivity index (χ3v) is 4.46. The average Bonchev–Trinajstić information content (AvgIpc) is 2.93. The Labute approximate surface area is 121 Å². The van der Waals surface area contributed by atoms with E-state index in [2.05, 4.69) is 4.98 Å². The fraction of sp³-hybridized carbons (Fsp3) is 0.615. The molecule has 1 aromatic heterocycles. The van der Waals surface area contributed by atoms with E-state index in [-0.39, 0.29) is 17.7 Å². The zero-order valence-corrected chi connectivity index (χ0v) is 12.5. The number of hydrogen-bond donors (Lipinski definition) is 0. The van der Waals surface area contributed by atoms with Gasteiger partial charge in [0.25, 0.3) is 0 Å². The van der Waals surface area contributed by atoms with Crippen LogP contribution in [0.15, 0.2) is 5.38 Å². The first-order chi connectivity index (χ1) is 9.11. The number of carbonyl (C=O) groups excluding carboxylic acids is 2. The second kappa shape index (κ2) is 6.48. The summed E-state index contributed by atoms with van der Waals surface area (Å²) in [7, 11) is 0. The van der Waals surface area contributed by atoms with Crippen LogP contribution in [0.25, 0.3) is 0 Å². The van der Waals surface area contributed by atoms with E-state index in [0.717, 1.165) is 30.0 Å². The molecule has 0 bridgehead atoms. The number of alkyl halides is 1. The molecule has 1 aliphatic rings. The van der Waals surface area contributed by atoms with Crippen LogP contribution >= 0.6 is 22.9 Å². The summed E-state index contributed by atoms with van der Waals surface area (Å²) < 4.78 is 0. The lowest BCUT2D eigenvalue weighted by Gasteiger charge is -2.13. The molecule has 19 heavy (non-hydrogen) atoms.